The Hall–Kier alpha value is -3.23. The molecule has 2 heterocycles. The number of fused-ring (bicyclic) bond motifs is 1. The summed E-state index contributed by atoms with van der Waals surface area (Å²) in [5, 5.41) is 1.96. The van der Waals surface area contributed by atoms with Crippen LogP contribution in [0.1, 0.15) is 25.1 Å². The molecular formula is C26H28BN3O2S2. The Morgan fingerprint density at radius 3 is 2.76 bits per heavy atom. The normalized spacial score (nSPS) is 15.2. The molecule has 0 unspecified atom stereocenters. The number of benzene rings is 1. The lowest BCUT2D eigenvalue weighted by molar-refractivity contribution is 0.599. The van der Waals surface area contributed by atoms with Crippen LogP contribution in [-0.4, -0.2) is 33.4 Å². The second-order valence-electron chi connectivity index (χ2n) is 7.47. The Kier molecular flexibility index (Phi) is 8.79. The molecule has 0 radical (unpaired) electrons. The van der Waals surface area contributed by atoms with Crippen molar-refractivity contribution in [3.05, 3.63) is 107 Å². The van der Waals surface area contributed by atoms with E-state index >= 15 is 0 Å². The molecule has 1 aromatic heterocycles. The van der Waals surface area contributed by atoms with Gasteiger partial charge in [0.05, 0.1) is 26.9 Å². The van der Waals surface area contributed by atoms with Crippen molar-refractivity contribution in [3.63, 3.8) is 0 Å². The maximum atomic E-state index is 13.5. The van der Waals surface area contributed by atoms with Gasteiger partial charge in [0.2, 0.25) is 7.28 Å². The van der Waals surface area contributed by atoms with Crippen molar-refractivity contribution in [2.75, 3.05) is 10.8 Å². The van der Waals surface area contributed by atoms with Crippen LogP contribution in [0.15, 0.2) is 101 Å². The van der Waals surface area contributed by atoms with E-state index in [4.69, 9.17) is 4.98 Å². The fourth-order valence-corrected chi connectivity index (χ4v) is 5.95. The summed E-state index contributed by atoms with van der Waals surface area (Å²) in [7, 11) is -3.28. The predicted octanol–water partition coefficient (Wildman–Crippen LogP) is 4.74. The molecule has 8 heteroatoms. The third kappa shape index (κ3) is 5.82. The van der Waals surface area contributed by atoms with Gasteiger partial charge in [0.1, 0.15) is 0 Å². The van der Waals surface area contributed by atoms with Gasteiger partial charge in [0, 0.05) is 18.1 Å². The Morgan fingerprint density at radius 1 is 1.26 bits per heavy atom. The highest BCUT2D eigenvalue weighted by molar-refractivity contribution is 7.96. The molecule has 0 N–H and O–H groups in total. The quantitative estimate of drug-likeness (QED) is 0.275. The van der Waals surface area contributed by atoms with Gasteiger partial charge >= 0.3 is 0 Å². The van der Waals surface area contributed by atoms with E-state index in [1.54, 1.807) is 24.4 Å². The minimum Gasteiger partial charge on any atom is -0.266 e. The van der Waals surface area contributed by atoms with Crippen LogP contribution in [0.25, 0.3) is 5.70 Å². The highest BCUT2D eigenvalue weighted by atomic mass is 32.2. The Morgan fingerprint density at radius 2 is 2.06 bits per heavy atom. The number of sulfonamides is 1. The lowest BCUT2D eigenvalue weighted by Crippen LogP contribution is -2.30. The van der Waals surface area contributed by atoms with E-state index in [9.17, 15) is 8.42 Å². The van der Waals surface area contributed by atoms with E-state index in [0.29, 0.717) is 20.2 Å². The minimum absolute atomic E-state index is 0.152. The van der Waals surface area contributed by atoms with Crippen LogP contribution in [0, 0.1) is 0 Å². The van der Waals surface area contributed by atoms with E-state index in [0.717, 1.165) is 33.0 Å². The number of allylic oxidation sites excluding steroid dienone is 8. The molecule has 174 valence electrons. The summed E-state index contributed by atoms with van der Waals surface area (Å²) in [4.78, 5) is 10.2. The largest absolute Gasteiger partial charge is 0.266 e. The van der Waals surface area contributed by atoms with Gasteiger partial charge in [-0.25, -0.2) is 13.4 Å². The molecule has 0 atom stereocenters. The number of aromatic nitrogens is 1. The number of aliphatic imine (C=N–C) groups is 1. The number of rotatable bonds is 10. The molecule has 0 amide bonds. The van der Waals surface area contributed by atoms with Crippen molar-refractivity contribution < 1.29 is 8.42 Å². The summed E-state index contributed by atoms with van der Waals surface area (Å²) >= 11 is 1.51. The summed E-state index contributed by atoms with van der Waals surface area (Å²) < 4.78 is 28.4. The zero-order chi connectivity index (χ0) is 24.6. The van der Waals surface area contributed by atoms with Crippen molar-refractivity contribution in [2.24, 2.45) is 4.99 Å². The van der Waals surface area contributed by atoms with Crippen molar-refractivity contribution in [1.82, 2.24) is 4.98 Å². The molecule has 3 rings (SSSR count). The molecule has 0 fully saturated rings. The van der Waals surface area contributed by atoms with Gasteiger partial charge in [-0.3, -0.25) is 9.30 Å². The number of para-hydroxylation sites is 1. The summed E-state index contributed by atoms with van der Waals surface area (Å²) in [5.74, 6) is 0. The molecule has 5 nitrogen and oxygen atoms in total. The minimum atomic E-state index is -3.75. The standard InChI is InChI=1S/C26H28BN3O2S2/c1-5-9-16-28-23(8-4)24-19-33-26(29-24)27-21(12-6-2)18-22(7-3)34(31,32)30-17-15-20-13-10-11-14-25(20)30/h5-14,16,18-19,27H,2-3,15,17H2,1,4H3/b9-5-,21-12+,22-18+,23-8-,28-16-. The third-order valence-corrected chi connectivity index (χ3v) is 7.92. The van der Waals surface area contributed by atoms with Crippen LogP contribution in [0.4, 0.5) is 5.69 Å². The molecule has 0 aliphatic carbocycles. The average molecular weight is 489 g/mol. The fourth-order valence-electron chi connectivity index (χ4n) is 3.60. The molecular weight excluding hydrogens is 461 g/mol. The SMILES string of the molecule is C=C/C=C(Bc1nc(C(=C/C)/N=C\C=C/C)cs1)\C=C(/C=C)S(=O)(=O)N1CCc2ccccc21. The van der Waals surface area contributed by atoms with Gasteiger partial charge < -0.3 is 0 Å². The van der Waals surface area contributed by atoms with Crippen molar-refractivity contribution >= 4 is 51.1 Å². The molecule has 0 saturated heterocycles. The Bertz CT molecular complexity index is 1320. The van der Waals surface area contributed by atoms with E-state index in [-0.39, 0.29) is 4.91 Å². The van der Waals surface area contributed by atoms with Crippen LogP contribution in [0.3, 0.4) is 0 Å². The number of anilines is 1. The summed E-state index contributed by atoms with van der Waals surface area (Å²) in [6.07, 6.45) is 14.6. The monoisotopic (exact) mass is 489 g/mol. The predicted molar refractivity (Wildman–Crippen MR) is 149 cm³/mol. The maximum Gasteiger partial charge on any atom is 0.264 e. The average Bonchev–Trinajstić information content (AvgIpc) is 3.48. The summed E-state index contributed by atoms with van der Waals surface area (Å²) in [6.45, 7) is 11.8. The van der Waals surface area contributed by atoms with Crippen LogP contribution >= 0.6 is 11.3 Å². The van der Waals surface area contributed by atoms with Gasteiger partial charge in [-0.2, -0.15) is 0 Å². The third-order valence-electron chi connectivity index (χ3n) is 5.23. The molecule has 0 saturated carbocycles. The van der Waals surface area contributed by atoms with Gasteiger partial charge in [-0.15, -0.1) is 11.3 Å². The molecule has 1 aliphatic rings. The number of thiazole rings is 1. The maximum absolute atomic E-state index is 13.5. The lowest BCUT2D eigenvalue weighted by atomic mass is 9.70. The first-order chi connectivity index (χ1) is 16.4. The van der Waals surface area contributed by atoms with Gasteiger partial charge in [0.25, 0.3) is 10.0 Å². The highest BCUT2D eigenvalue weighted by Gasteiger charge is 2.31. The number of hydrogen-bond acceptors (Lipinski definition) is 5. The first-order valence-electron chi connectivity index (χ1n) is 11.0. The summed E-state index contributed by atoms with van der Waals surface area (Å²) in [5.41, 5.74) is 4.11. The first-order valence-corrected chi connectivity index (χ1v) is 13.3. The zero-order valence-electron chi connectivity index (χ0n) is 19.5. The van der Waals surface area contributed by atoms with Crippen molar-refractivity contribution in [1.29, 1.82) is 0 Å². The van der Waals surface area contributed by atoms with Crippen molar-refractivity contribution in [2.45, 2.75) is 20.3 Å². The second kappa shape index (κ2) is 11.8. The van der Waals surface area contributed by atoms with Crippen molar-refractivity contribution in [3.8, 4) is 0 Å². The molecule has 34 heavy (non-hydrogen) atoms. The molecule has 1 aliphatic heterocycles. The second-order valence-corrected chi connectivity index (χ2v) is 10.3. The van der Waals surface area contributed by atoms with E-state index in [1.165, 1.54) is 21.7 Å². The number of nitrogens with zero attached hydrogens (tertiary/aromatic N) is 3. The van der Waals surface area contributed by atoms with Gasteiger partial charge in [0.15, 0.2) is 0 Å². The first kappa shape index (κ1) is 25.4. The lowest BCUT2D eigenvalue weighted by Gasteiger charge is -2.20. The Balaban J connectivity index is 1.87. The van der Waals surface area contributed by atoms with Gasteiger partial charge in [-0.05, 0) is 50.1 Å². The molecule has 0 bridgehead atoms. The fraction of sp³-hybridized carbons (Fsp3) is 0.154. The smallest absolute Gasteiger partial charge is 0.264 e. The van der Waals surface area contributed by atoms with E-state index in [2.05, 4.69) is 18.2 Å². The summed E-state index contributed by atoms with van der Waals surface area (Å²) in [6, 6.07) is 7.59. The Labute approximate surface area is 207 Å². The zero-order valence-corrected chi connectivity index (χ0v) is 21.1. The topological polar surface area (TPSA) is 62.6 Å². The molecule has 0 spiro atoms. The van der Waals surface area contributed by atoms with Crippen LogP contribution < -0.4 is 9.21 Å². The van der Waals surface area contributed by atoms with Crippen LogP contribution in [-0.2, 0) is 16.4 Å². The van der Waals surface area contributed by atoms with E-state index in [1.807, 2.05) is 61.7 Å². The van der Waals surface area contributed by atoms with E-state index < -0.39 is 10.0 Å². The molecule has 1 aromatic carbocycles. The van der Waals surface area contributed by atoms with Crippen LogP contribution in [0.5, 0.6) is 0 Å². The molecule has 2 aromatic rings. The van der Waals surface area contributed by atoms with Gasteiger partial charge in [-0.1, -0.05) is 61.1 Å². The highest BCUT2D eigenvalue weighted by Crippen LogP contribution is 2.32. The van der Waals surface area contributed by atoms with Crippen LogP contribution in [0.2, 0.25) is 0 Å². The number of hydrogen-bond donors (Lipinski definition) is 0.